The molecule has 4 N–H and O–H groups in total. The van der Waals surface area contributed by atoms with E-state index in [1.54, 1.807) is 5.51 Å². The summed E-state index contributed by atoms with van der Waals surface area (Å²) in [5.41, 5.74) is 11.0. The maximum absolute atomic E-state index is 12.3. The number of carbonyl (C=O) groups excluding carboxylic acids is 1. The summed E-state index contributed by atoms with van der Waals surface area (Å²) < 4.78 is 1.03. The Morgan fingerprint density at radius 3 is 3.10 bits per heavy atom. The lowest BCUT2D eigenvalue weighted by Gasteiger charge is -2.04. The number of anilines is 2. The van der Waals surface area contributed by atoms with Crippen molar-refractivity contribution in [3.8, 4) is 0 Å². The van der Waals surface area contributed by atoms with Crippen molar-refractivity contribution in [1.29, 1.82) is 0 Å². The number of aromatic nitrogens is 3. The number of fused-ring (bicyclic) bond motifs is 1. The molecule has 1 aromatic carbocycles. The van der Waals surface area contributed by atoms with Crippen LogP contribution in [0.2, 0.25) is 0 Å². The minimum atomic E-state index is -0.292. The second-order valence-corrected chi connectivity index (χ2v) is 6.05. The molecule has 2 aromatic heterocycles. The Hall–Kier alpha value is -2.41. The smallest absolute Gasteiger partial charge is 0.278 e. The van der Waals surface area contributed by atoms with Crippen molar-refractivity contribution in [2.24, 2.45) is 0 Å². The number of H-pyrrole nitrogens is 1. The van der Waals surface area contributed by atoms with Crippen LogP contribution in [0.1, 0.15) is 34.9 Å². The molecule has 0 atom stereocenters. The third-order valence-corrected chi connectivity index (χ3v) is 4.42. The summed E-state index contributed by atoms with van der Waals surface area (Å²) in [5, 5.41) is 9.77. The van der Waals surface area contributed by atoms with E-state index >= 15 is 0 Å². The van der Waals surface area contributed by atoms with Gasteiger partial charge in [-0.25, -0.2) is 4.98 Å². The second-order valence-electron chi connectivity index (χ2n) is 5.16. The van der Waals surface area contributed by atoms with E-state index in [4.69, 9.17) is 5.73 Å². The molecule has 1 fully saturated rings. The molecular formula is C14H13N5OS. The minimum Gasteiger partial charge on any atom is -0.395 e. The number of nitrogens with two attached hydrogens (primary N) is 1. The first-order valence-electron chi connectivity index (χ1n) is 6.70. The standard InChI is InChI=1S/C14H13N5OS/c15-11-12(7-1-2-7)18-19-13(11)14(20)17-8-3-4-9-10(5-8)21-6-16-9/h3-7H,1-2,15H2,(H,17,20)(H,18,19). The van der Waals surface area contributed by atoms with Crippen molar-refractivity contribution in [2.45, 2.75) is 18.8 Å². The van der Waals surface area contributed by atoms with Gasteiger partial charge in [-0.2, -0.15) is 5.10 Å². The normalized spacial score (nSPS) is 14.5. The highest BCUT2D eigenvalue weighted by atomic mass is 32.1. The van der Waals surface area contributed by atoms with Crippen LogP contribution in [0.3, 0.4) is 0 Å². The van der Waals surface area contributed by atoms with Gasteiger partial charge in [0.05, 0.1) is 27.1 Å². The number of nitrogens with one attached hydrogen (secondary N) is 2. The van der Waals surface area contributed by atoms with Gasteiger partial charge in [0.15, 0.2) is 5.69 Å². The third kappa shape index (κ3) is 2.15. The molecule has 0 saturated heterocycles. The van der Waals surface area contributed by atoms with Crippen LogP contribution >= 0.6 is 11.3 Å². The first-order chi connectivity index (χ1) is 10.2. The largest absolute Gasteiger partial charge is 0.395 e. The lowest BCUT2D eigenvalue weighted by Crippen LogP contribution is -2.14. The number of benzene rings is 1. The van der Waals surface area contributed by atoms with E-state index in [9.17, 15) is 4.79 Å². The van der Waals surface area contributed by atoms with Crippen molar-refractivity contribution < 1.29 is 4.79 Å². The Kier molecular flexibility index (Phi) is 2.68. The van der Waals surface area contributed by atoms with Crippen LogP contribution in [0.15, 0.2) is 23.7 Å². The average molecular weight is 299 g/mol. The molecule has 7 heteroatoms. The minimum absolute atomic E-state index is 0.265. The van der Waals surface area contributed by atoms with E-state index in [1.807, 2.05) is 18.2 Å². The average Bonchev–Trinajstić information content (AvgIpc) is 3.07. The van der Waals surface area contributed by atoms with Crippen LogP contribution in [0, 0.1) is 0 Å². The number of amides is 1. The number of carbonyl (C=O) groups is 1. The van der Waals surface area contributed by atoms with Gasteiger partial charge >= 0.3 is 0 Å². The molecule has 6 nitrogen and oxygen atoms in total. The van der Waals surface area contributed by atoms with E-state index in [0.717, 1.165) is 28.8 Å². The summed E-state index contributed by atoms with van der Waals surface area (Å²) in [6.45, 7) is 0. The van der Waals surface area contributed by atoms with Crippen LogP contribution in [-0.4, -0.2) is 21.1 Å². The molecule has 0 unspecified atom stereocenters. The van der Waals surface area contributed by atoms with Crippen molar-refractivity contribution in [1.82, 2.24) is 15.2 Å². The molecule has 2 heterocycles. The summed E-state index contributed by atoms with van der Waals surface area (Å²) in [5.74, 6) is 0.145. The number of nitrogen functional groups attached to an aromatic ring is 1. The van der Waals surface area contributed by atoms with Crippen LogP contribution in [-0.2, 0) is 0 Å². The van der Waals surface area contributed by atoms with Crippen molar-refractivity contribution >= 4 is 38.8 Å². The van der Waals surface area contributed by atoms with Gasteiger partial charge < -0.3 is 11.1 Å². The molecular weight excluding hydrogens is 286 g/mol. The number of nitrogens with zero attached hydrogens (tertiary/aromatic N) is 2. The Bertz CT molecular complexity index is 833. The second kappa shape index (κ2) is 4.56. The Labute approximate surface area is 124 Å². The lowest BCUT2D eigenvalue weighted by molar-refractivity contribution is 0.102. The molecule has 1 aliphatic rings. The number of rotatable bonds is 3. The Morgan fingerprint density at radius 2 is 2.29 bits per heavy atom. The molecule has 3 aromatic rings. The summed E-state index contributed by atoms with van der Waals surface area (Å²) in [6, 6.07) is 5.60. The lowest BCUT2D eigenvalue weighted by atomic mass is 10.2. The van der Waals surface area contributed by atoms with Crippen LogP contribution in [0.4, 0.5) is 11.4 Å². The quantitative estimate of drug-likeness (QED) is 0.692. The van der Waals surface area contributed by atoms with Gasteiger partial charge in [-0.3, -0.25) is 9.89 Å². The van der Waals surface area contributed by atoms with Crippen molar-refractivity contribution in [3.05, 3.63) is 35.1 Å². The zero-order chi connectivity index (χ0) is 14.4. The number of hydrogen-bond donors (Lipinski definition) is 3. The van der Waals surface area contributed by atoms with Crippen LogP contribution in [0.25, 0.3) is 10.2 Å². The topological polar surface area (TPSA) is 96.7 Å². The van der Waals surface area contributed by atoms with Gasteiger partial charge in [0.25, 0.3) is 5.91 Å². The molecule has 1 amide bonds. The van der Waals surface area contributed by atoms with E-state index in [1.165, 1.54) is 11.3 Å². The van der Waals surface area contributed by atoms with Gasteiger partial charge in [-0.1, -0.05) is 0 Å². The fourth-order valence-corrected chi connectivity index (χ4v) is 3.06. The van der Waals surface area contributed by atoms with Gasteiger partial charge in [0.2, 0.25) is 0 Å². The number of hydrogen-bond acceptors (Lipinski definition) is 5. The zero-order valence-corrected chi connectivity index (χ0v) is 11.9. The summed E-state index contributed by atoms with van der Waals surface area (Å²) in [7, 11) is 0. The molecule has 1 aliphatic carbocycles. The fraction of sp³-hybridized carbons (Fsp3) is 0.214. The summed E-state index contributed by atoms with van der Waals surface area (Å²) >= 11 is 1.53. The van der Waals surface area contributed by atoms with Gasteiger partial charge in [0, 0.05) is 11.6 Å². The monoisotopic (exact) mass is 299 g/mol. The van der Waals surface area contributed by atoms with Gasteiger partial charge in [0.1, 0.15) is 0 Å². The Morgan fingerprint density at radius 1 is 1.43 bits per heavy atom. The molecule has 0 aliphatic heterocycles. The third-order valence-electron chi connectivity index (χ3n) is 3.62. The van der Waals surface area contributed by atoms with Crippen molar-refractivity contribution in [2.75, 3.05) is 11.1 Å². The van der Waals surface area contributed by atoms with E-state index in [2.05, 4.69) is 20.5 Å². The number of aromatic amines is 1. The predicted octanol–water partition coefficient (Wildman–Crippen LogP) is 2.73. The van der Waals surface area contributed by atoms with Crippen molar-refractivity contribution in [3.63, 3.8) is 0 Å². The molecule has 1 saturated carbocycles. The highest BCUT2D eigenvalue weighted by molar-refractivity contribution is 7.16. The maximum Gasteiger partial charge on any atom is 0.278 e. The fourth-order valence-electron chi connectivity index (χ4n) is 2.34. The molecule has 4 rings (SSSR count). The molecule has 0 radical (unpaired) electrons. The molecule has 0 bridgehead atoms. The van der Waals surface area contributed by atoms with E-state index < -0.39 is 0 Å². The van der Waals surface area contributed by atoms with Crippen LogP contribution in [0.5, 0.6) is 0 Å². The predicted molar refractivity (Wildman–Crippen MR) is 82.5 cm³/mol. The van der Waals surface area contributed by atoms with E-state index in [-0.39, 0.29) is 11.6 Å². The van der Waals surface area contributed by atoms with E-state index in [0.29, 0.717) is 17.3 Å². The zero-order valence-electron chi connectivity index (χ0n) is 11.1. The first kappa shape index (κ1) is 12.3. The highest BCUT2D eigenvalue weighted by Crippen LogP contribution is 2.42. The first-order valence-corrected chi connectivity index (χ1v) is 7.58. The van der Waals surface area contributed by atoms with Gasteiger partial charge in [-0.15, -0.1) is 11.3 Å². The number of thiazole rings is 1. The SMILES string of the molecule is Nc1c(C(=O)Nc2ccc3ncsc3c2)n[nH]c1C1CC1. The molecule has 0 spiro atoms. The molecule has 106 valence electrons. The summed E-state index contributed by atoms with van der Waals surface area (Å²) in [6.07, 6.45) is 2.21. The van der Waals surface area contributed by atoms with Gasteiger partial charge in [-0.05, 0) is 31.0 Å². The molecule has 21 heavy (non-hydrogen) atoms. The highest BCUT2D eigenvalue weighted by Gasteiger charge is 2.30. The van der Waals surface area contributed by atoms with Crippen LogP contribution < -0.4 is 11.1 Å². The summed E-state index contributed by atoms with van der Waals surface area (Å²) in [4.78, 5) is 16.5. The Balaban J connectivity index is 1.59. The maximum atomic E-state index is 12.3.